The van der Waals surface area contributed by atoms with Gasteiger partial charge in [0.1, 0.15) is 12.1 Å². The Morgan fingerprint density at radius 3 is 1.98 bits per heavy atom. The Hall–Kier alpha value is -2.42. The Balaban J connectivity index is 2.26. The van der Waals surface area contributed by atoms with Gasteiger partial charge in [0.25, 0.3) is 0 Å². The molecular formula is C32H57N5O4. The lowest BCUT2D eigenvalue weighted by Gasteiger charge is -2.41. The Morgan fingerprint density at radius 2 is 1.44 bits per heavy atom. The topological polar surface area (TPSA) is 102 Å². The summed E-state index contributed by atoms with van der Waals surface area (Å²) in [4.78, 5) is 59.4. The molecule has 41 heavy (non-hydrogen) atoms. The van der Waals surface area contributed by atoms with Crippen LogP contribution in [0.1, 0.15) is 101 Å². The van der Waals surface area contributed by atoms with Crippen molar-refractivity contribution in [2.45, 2.75) is 138 Å². The van der Waals surface area contributed by atoms with Crippen LogP contribution < -0.4 is 10.6 Å². The van der Waals surface area contributed by atoms with E-state index >= 15 is 0 Å². The molecule has 4 atom stereocenters. The van der Waals surface area contributed by atoms with E-state index in [0.29, 0.717) is 18.5 Å². The lowest BCUT2D eigenvalue weighted by molar-refractivity contribution is -0.142. The molecule has 0 aromatic carbocycles. The highest BCUT2D eigenvalue weighted by atomic mass is 16.2. The minimum atomic E-state index is -0.718. The van der Waals surface area contributed by atoms with Gasteiger partial charge in [0.05, 0.1) is 12.1 Å². The molecule has 2 rings (SSSR count). The fourth-order valence-corrected chi connectivity index (χ4v) is 6.06. The van der Waals surface area contributed by atoms with Gasteiger partial charge in [0.2, 0.25) is 23.6 Å². The molecule has 0 unspecified atom stereocenters. The zero-order valence-electron chi connectivity index (χ0n) is 27.5. The maximum atomic E-state index is 14.0. The highest BCUT2D eigenvalue weighted by molar-refractivity contribution is 5.97. The van der Waals surface area contributed by atoms with E-state index in [0.717, 1.165) is 32.2 Å². The normalized spacial score (nSPS) is 22.2. The lowest BCUT2D eigenvalue weighted by Crippen LogP contribution is -2.60. The van der Waals surface area contributed by atoms with Crippen molar-refractivity contribution in [1.29, 1.82) is 0 Å². The summed E-state index contributed by atoms with van der Waals surface area (Å²) >= 11 is 0. The van der Waals surface area contributed by atoms with Crippen LogP contribution in [0.3, 0.4) is 0 Å². The number of amides is 4. The van der Waals surface area contributed by atoms with Crippen molar-refractivity contribution in [2.24, 2.45) is 11.3 Å². The van der Waals surface area contributed by atoms with Gasteiger partial charge in [0, 0.05) is 31.2 Å². The molecule has 9 heteroatoms. The van der Waals surface area contributed by atoms with Gasteiger partial charge >= 0.3 is 0 Å². The fraction of sp³-hybridized carbons (Fsp3) is 0.812. The summed E-state index contributed by atoms with van der Waals surface area (Å²) in [6, 6.07) is -1.54. The van der Waals surface area contributed by atoms with Crippen LogP contribution in [-0.2, 0) is 19.2 Å². The molecule has 0 aromatic rings. The van der Waals surface area contributed by atoms with Crippen molar-refractivity contribution < 1.29 is 19.2 Å². The second-order valence-electron chi connectivity index (χ2n) is 14.0. The summed E-state index contributed by atoms with van der Waals surface area (Å²) in [6.45, 7) is 21.2. The standard InChI is InChI=1S/C32H57N5O4/c1-20(2)26(19-23(7)30(40)37-18-14-16-25(37)28(38)33-21(3)4)35(11)31(41)27(32(8,9)10)34-29(39)24-15-12-13-17-36(24)22(5)6/h19-22,24-27H,12-18H2,1-11H3,(H,33,38)(H,34,39)/t24-,25+,26-,27-/m1/s1. The second-order valence-corrected chi connectivity index (χ2v) is 14.0. The number of nitrogens with zero attached hydrogens (tertiary/aromatic N) is 3. The number of carbonyl (C=O) groups excluding carboxylic acids is 4. The molecular weight excluding hydrogens is 518 g/mol. The van der Waals surface area contributed by atoms with E-state index in [-0.39, 0.29) is 53.7 Å². The van der Waals surface area contributed by atoms with E-state index in [9.17, 15) is 19.2 Å². The third-order valence-corrected chi connectivity index (χ3v) is 8.39. The van der Waals surface area contributed by atoms with E-state index in [1.54, 1.807) is 23.8 Å². The quantitative estimate of drug-likeness (QED) is 0.387. The summed E-state index contributed by atoms with van der Waals surface area (Å²) in [6.07, 6.45) is 6.14. The molecule has 0 bridgehead atoms. The Morgan fingerprint density at radius 1 is 0.854 bits per heavy atom. The van der Waals surface area contributed by atoms with Gasteiger partial charge in [-0.2, -0.15) is 0 Å². The Labute approximate surface area is 248 Å². The minimum Gasteiger partial charge on any atom is -0.352 e. The Bertz CT molecular complexity index is 968. The number of hydrogen-bond acceptors (Lipinski definition) is 5. The highest BCUT2D eigenvalue weighted by Gasteiger charge is 2.40. The predicted molar refractivity (Wildman–Crippen MR) is 164 cm³/mol. The van der Waals surface area contributed by atoms with E-state index in [4.69, 9.17) is 0 Å². The number of piperidine rings is 1. The first-order valence-electron chi connectivity index (χ1n) is 15.6. The van der Waals surface area contributed by atoms with Crippen molar-refractivity contribution >= 4 is 23.6 Å². The van der Waals surface area contributed by atoms with Gasteiger partial charge in [0.15, 0.2) is 0 Å². The summed E-state index contributed by atoms with van der Waals surface area (Å²) in [5.74, 6) is -0.545. The van der Waals surface area contributed by atoms with Crippen LogP contribution in [0.5, 0.6) is 0 Å². The molecule has 0 aliphatic carbocycles. The number of rotatable bonds is 10. The first-order chi connectivity index (χ1) is 19.0. The zero-order chi connectivity index (χ0) is 31.2. The van der Waals surface area contributed by atoms with Crippen molar-refractivity contribution in [2.75, 3.05) is 20.1 Å². The second kappa shape index (κ2) is 14.7. The van der Waals surface area contributed by atoms with Crippen LogP contribution in [0.15, 0.2) is 11.6 Å². The lowest BCUT2D eigenvalue weighted by atomic mass is 9.84. The van der Waals surface area contributed by atoms with Gasteiger partial charge < -0.3 is 20.4 Å². The van der Waals surface area contributed by atoms with Crippen molar-refractivity contribution in [1.82, 2.24) is 25.3 Å². The first kappa shape index (κ1) is 34.8. The minimum absolute atomic E-state index is 0.00415. The number of likely N-dealkylation sites (N-methyl/N-ethyl adjacent to an activating group) is 1. The maximum absolute atomic E-state index is 14.0. The highest BCUT2D eigenvalue weighted by Crippen LogP contribution is 2.27. The largest absolute Gasteiger partial charge is 0.352 e. The molecule has 2 aliphatic rings. The molecule has 0 saturated carbocycles. The third-order valence-electron chi connectivity index (χ3n) is 8.39. The Kier molecular flexibility index (Phi) is 12.4. The monoisotopic (exact) mass is 575 g/mol. The summed E-state index contributed by atoms with van der Waals surface area (Å²) in [7, 11) is 1.75. The summed E-state index contributed by atoms with van der Waals surface area (Å²) in [5.41, 5.74) is -0.000204. The van der Waals surface area contributed by atoms with Crippen molar-refractivity contribution in [3.8, 4) is 0 Å². The first-order valence-corrected chi connectivity index (χ1v) is 15.6. The van der Waals surface area contributed by atoms with Crippen LogP contribution in [0.4, 0.5) is 0 Å². The third kappa shape index (κ3) is 9.03. The van der Waals surface area contributed by atoms with Gasteiger partial charge in [-0.1, -0.05) is 47.1 Å². The smallest absolute Gasteiger partial charge is 0.249 e. The molecule has 0 aromatic heterocycles. The van der Waals surface area contributed by atoms with E-state index in [1.807, 2.05) is 54.5 Å². The SMILES string of the molecule is CC(=C[C@H](C(C)C)N(C)C(=O)[C@@H](NC(=O)[C@H]1CCCCN1C(C)C)C(C)(C)C)C(=O)N1CCC[C@H]1C(=O)NC(C)C. The zero-order valence-corrected chi connectivity index (χ0v) is 27.5. The molecule has 2 N–H and O–H groups in total. The summed E-state index contributed by atoms with van der Waals surface area (Å²) < 4.78 is 0. The van der Waals surface area contributed by atoms with Gasteiger partial charge in [-0.3, -0.25) is 24.1 Å². The summed E-state index contributed by atoms with van der Waals surface area (Å²) in [5, 5.41) is 6.06. The molecule has 2 saturated heterocycles. The van der Waals surface area contributed by atoms with Crippen LogP contribution in [0, 0.1) is 11.3 Å². The molecule has 2 fully saturated rings. The molecule has 9 nitrogen and oxygen atoms in total. The number of likely N-dealkylation sites (tertiary alicyclic amines) is 2. The van der Waals surface area contributed by atoms with Gasteiger partial charge in [-0.15, -0.1) is 0 Å². The van der Waals surface area contributed by atoms with E-state index in [2.05, 4.69) is 29.4 Å². The van der Waals surface area contributed by atoms with Crippen molar-refractivity contribution in [3.63, 3.8) is 0 Å². The van der Waals surface area contributed by atoms with E-state index in [1.165, 1.54) is 0 Å². The van der Waals surface area contributed by atoms with Crippen LogP contribution >= 0.6 is 0 Å². The fourth-order valence-electron chi connectivity index (χ4n) is 6.06. The predicted octanol–water partition coefficient (Wildman–Crippen LogP) is 3.73. The number of carbonyl (C=O) groups is 4. The molecule has 2 aliphatic heterocycles. The van der Waals surface area contributed by atoms with Crippen LogP contribution in [0.2, 0.25) is 0 Å². The molecule has 4 amide bonds. The molecule has 0 spiro atoms. The van der Waals surface area contributed by atoms with Gasteiger partial charge in [-0.25, -0.2) is 0 Å². The van der Waals surface area contributed by atoms with Crippen LogP contribution in [-0.4, -0.2) is 94.7 Å². The molecule has 234 valence electrons. The van der Waals surface area contributed by atoms with Crippen LogP contribution in [0.25, 0.3) is 0 Å². The number of nitrogens with one attached hydrogen (secondary N) is 2. The average Bonchev–Trinajstić information content (AvgIpc) is 3.37. The van der Waals surface area contributed by atoms with Crippen molar-refractivity contribution in [3.05, 3.63) is 11.6 Å². The average molecular weight is 576 g/mol. The molecule has 2 heterocycles. The van der Waals surface area contributed by atoms with Gasteiger partial charge in [-0.05, 0) is 78.2 Å². The maximum Gasteiger partial charge on any atom is 0.249 e. The number of hydrogen-bond donors (Lipinski definition) is 2. The molecule has 0 radical (unpaired) electrons. The van der Waals surface area contributed by atoms with E-state index < -0.39 is 17.5 Å².